The number of rotatable bonds is 4. The second-order valence-electron chi connectivity index (χ2n) is 5.39. The summed E-state index contributed by atoms with van der Waals surface area (Å²) >= 11 is 1.71. The fourth-order valence-corrected chi connectivity index (χ4v) is 3.35. The second kappa shape index (κ2) is 7.31. The maximum Gasteiger partial charge on any atom is 0.244 e. The zero-order chi connectivity index (χ0) is 15.2. The maximum atomic E-state index is 12.6. The number of carbonyl (C=O) groups excluding carboxylic acids is 1. The Kier molecular flexibility index (Phi) is 4.95. The fraction of sp³-hybridized carbons (Fsp3) is 0.467. The van der Waals surface area contributed by atoms with Crippen LogP contribution in [-0.4, -0.2) is 43.6 Å². The highest BCUT2D eigenvalue weighted by molar-refractivity contribution is 7.10. The smallest absolute Gasteiger partial charge is 0.244 e. The molecule has 1 amide bonds. The quantitative estimate of drug-likeness (QED) is 0.867. The van der Waals surface area contributed by atoms with E-state index in [0.717, 1.165) is 25.8 Å². The molecule has 1 atom stereocenters. The number of likely N-dealkylation sites (tertiary alicyclic amines) is 1. The van der Waals surface area contributed by atoms with Gasteiger partial charge in [-0.3, -0.25) is 4.79 Å². The standard InChI is InChI=1S/C15H19N5OS/c21-15(11-19-12-16-17-18-19)20-9-3-1-2-5-13(20)7-8-14-6-4-10-22-14/h4,6-8,10,12-13H,1-3,5,9,11H2. The minimum Gasteiger partial charge on any atom is -0.335 e. The molecule has 1 fully saturated rings. The van der Waals surface area contributed by atoms with E-state index in [4.69, 9.17) is 0 Å². The summed E-state index contributed by atoms with van der Waals surface area (Å²) in [6.07, 6.45) is 10.2. The van der Waals surface area contributed by atoms with Crippen LogP contribution in [0.5, 0.6) is 0 Å². The van der Waals surface area contributed by atoms with Crippen LogP contribution in [0, 0.1) is 0 Å². The van der Waals surface area contributed by atoms with Crippen molar-refractivity contribution in [1.82, 2.24) is 25.1 Å². The summed E-state index contributed by atoms with van der Waals surface area (Å²) in [5, 5.41) is 13.0. The molecule has 0 N–H and O–H groups in total. The van der Waals surface area contributed by atoms with Gasteiger partial charge in [-0.05, 0) is 40.8 Å². The second-order valence-corrected chi connectivity index (χ2v) is 6.37. The van der Waals surface area contributed by atoms with Gasteiger partial charge in [-0.2, -0.15) is 0 Å². The van der Waals surface area contributed by atoms with Gasteiger partial charge in [0.1, 0.15) is 12.9 Å². The molecule has 0 radical (unpaired) electrons. The van der Waals surface area contributed by atoms with Crippen LogP contribution in [0.4, 0.5) is 0 Å². The first-order valence-corrected chi connectivity index (χ1v) is 8.43. The number of hydrogen-bond acceptors (Lipinski definition) is 5. The Balaban J connectivity index is 1.71. The van der Waals surface area contributed by atoms with Crippen molar-refractivity contribution >= 4 is 23.3 Å². The van der Waals surface area contributed by atoms with Crippen LogP contribution in [-0.2, 0) is 11.3 Å². The Hall–Kier alpha value is -2.02. The van der Waals surface area contributed by atoms with Gasteiger partial charge in [-0.25, -0.2) is 4.68 Å². The lowest BCUT2D eigenvalue weighted by molar-refractivity contribution is -0.133. The van der Waals surface area contributed by atoms with Gasteiger partial charge < -0.3 is 4.90 Å². The molecule has 1 aliphatic heterocycles. The van der Waals surface area contributed by atoms with Crippen molar-refractivity contribution in [2.45, 2.75) is 38.3 Å². The van der Waals surface area contributed by atoms with Crippen molar-refractivity contribution in [3.63, 3.8) is 0 Å². The van der Waals surface area contributed by atoms with E-state index in [1.807, 2.05) is 11.0 Å². The number of aromatic nitrogens is 4. The van der Waals surface area contributed by atoms with Crippen molar-refractivity contribution in [3.05, 3.63) is 34.8 Å². The summed E-state index contributed by atoms with van der Waals surface area (Å²) in [4.78, 5) is 15.8. The molecule has 0 spiro atoms. The predicted molar refractivity (Wildman–Crippen MR) is 85.1 cm³/mol. The number of amides is 1. The highest BCUT2D eigenvalue weighted by Crippen LogP contribution is 2.20. The molecule has 2 aromatic heterocycles. The largest absolute Gasteiger partial charge is 0.335 e. The van der Waals surface area contributed by atoms with E-state index in [1.54, 1.807) is 11.3 Å². The molecular weight excluding hydrogens is 298 g/mol. The average Bonchev–Trinajstić information content (AvgIpc) is 3.16. The molecule has 3 heterocycles. The third-order valence-electron chi connectivity index (χ3n) is 3.83. The SMILES string of the molecule is O=C(Cn1cnnn1)N1CCCCCC1C=Cc1cccs1. The molecule has 22 heavy (non-hydrogen) atoms. The summed E-state index contributed by atoms with van der Waals surface area (Å²) in [7, 11) is 0. The number of hydrogen-bond donors (Lipinski definition) is 0. The minimum atomic E-state index is 0.0787. The van der Waals surface area contributed by atoms with Crippen molar-refractivity contribution in [3.8, 4) is 0 Å². The van der Waals surface area contributed by atoms with Gasteiger partial charge >= 0.3 is 0 Å². The van der Waals surface area contributed by atoms with Crippen LogP contribution in [0.1, 0.15) is 30.6 Å². The van der Waals surface area contributed by atoms with Gasteiger partial charge in [-0.1, -0.05) is 25.0 Å². The molecule has 7 heteroatoms. The molecule has 3 rings (SSSR count). The molecule has 2 aromatic rings. The fourth-order valence-electron chi connectivity index (χ4n) is 2.72. The summed E-state index contributed by atoms with van der Waals surface area (Å²) in [6, 6.07) is 4.29. The third kappa shape index (κ3) is 3.79. The summed E-state index contributed by atoms with van der Waals surface area (Å²) in [6.45, 7) is 1.01. The monoisotopic (exact) mass is 317 g/mol. The maximum absolute atomic E-state index is 12.6. The first kappa shape index (κ1) is 14.9. The zero-order valence-electron chi connectivity index (χ0n) is 12.3. The van der Waals surface area contributed by atoms with E-state index in [1.165, 1.54) is 22.3 Å². The van der Waals surface area contributed by atoms with Crippen LogP contribution in [0.2, 0.25) is 0 Å². The normalized spacial score (nSPS) is 19.5. The van der Waals surface area contributed by atoms with Crippen molar-refractivity contribution in [2.75, 3.05) is 6.54 Å². The Morgan fingerprint density at radius 2 is 2.36 bits per heavy atom. The number of carbonyl (C=O) groups is 1. The Morgan fingerprint density at radius 3 is 3.14 bits per heavy atom. The lowest BCUT2D eigenvalue weighted by atomic mass is 10.1. The van der Waals surface area contributed by atoms with Crippen molar-refractivity contribution in [1.29, 1.82) is 0 Å². The van der Waals surface area contributed by atoms with E-state index in [2.05, 4.69) is 39.1 Å². The van der Waals surface area contributed by atoms with Gasteiger partial charge in [0.2, 0.25) is 5.91 Å². The summed E-state index contributed by atoms with van der Waals surface area (Å²) in [5.41, 5.74) is 0. The number of thiophene rings is 1. The van der Waals surface area contributed by atoms with E-state index in [9.17, 15) is 4.79 Å². The molecule has 0 aliphatic carbocycles. The molecule has 116 valence electrons. The van der Waals surface area contributed by atoms with Gasteiger partial charge in [0.25, 0.3) is 0 Å². The van der Waals surface area contributed by atoms with Crippen LogP contribution in [0.25, 0.3) is 6.08 Å². The van der Waals surface area contributed by atoms with Crippen LogP contribution in [0.3, 0.4) is 0 Å². The first-order valence-electron chi connectivity index (χ1n) is 7.55. The average molecular weight is 317 g/mol. The summed E-state index contributed by atoms with van der Waals surface area (Å²) < 4.78 is 1.48. The Bertz CT molecular complexity index is 608. The van der Waals surface area contributed by atoms with Crippen LogP contribution < -0.4 is 0 Å². The van der Waals surface area contributed by atoms with Gasteiger partial charge in [-0.15, -0.1) is 16.4 Å². The molecule has 1 aliphatic rings. The first-order chi connectivity index (χ1) is 10.8. The molecular formula is C15H19N5OS. The van der Waals surface area contributed by atoms with Crippen molar-refractivity contribution < 1.29 is 4.79 Å². The molecule has 1 saturated heterocycles. The van der Waals surface area contributed by atoms with E-state index in [0.29, 0.717) is 0 Å². The molecule has 0 saturated carbocycles. The molecule has 6 nitrogen and oxygen atoms in total. The highest BCUT2D eigenvalue weighted by atomic mass is 32.1. The molecule has 0 bridgehead atoms. The minimum absolute atomic E-state index is 0.0787. The predicted octanol–water partition coefficient (Wildman–Crippen LogP) is 2.22. The number of nitrogens with zero attached hydrogens (tertiary/aromatic N) is 5. The van der Waals surface area contributed by atoms with Crippen LogP contribution >= 0.6 is 11.3 Å². The molecule has 0 aromatic carbocycles. The van der Waals surface area contributed by atoms with E-state index in [-0.39, 0.29) is 18.5 Å². The molecule has 1 unspecified atom stereocenters. The zero-order valence-corrected chi connectivity index (χ0v) is 13.2. The van der Waals surface area contributed by atoms with E-state index < -0.39 is 0 Å². The van der Waals surface area contributed by atoms with Crippen molar-refractivity contribution in [2.24, 2.45) is 0 Å². The van der Waals surface area contributed by atoms with Gasteiger partial charge in [0.15, 0.2) is 0 Å². The van der Waals surface area contributed by atoms with E-state index >= 15 is 0 Å². The Morgan fingerprint density at radius 1 is 1.41 bits per heavy atom. The highest BCUT2D eigenvalue weighted by Gasteiger charge is 2.23. The Labute approximate surface area is 133 Å². The third-order valence-corrected chi connectivity index (χ3v) is 4.67. The number of tetrazole rings is 1. The topological polar surface area (TPSA) is 63.9 Å². The lowest BCUT2D eigenvalue weighted by Crippen LogP contribution is -2.41. The summed E-state index contributed by atoms with van der Waals surface area (Å²) in [5.74, 6) is 0.0787. The van der Waals surface area contributed by atoms with Gasteiger partial charge in [0.05, 0.1) is 6.04 Å². The van der Waals surface area contributed by atoms with Crippen LogP contribution in [0.15, 0.2) is 29.9 Å². The van der Waals surface area contributed by atoms with Gasteiger partial charge in [0, 0.05) is 11.4 Å². The lowest BCUT2D eigenvalue weighted by Gasteiger charge is -2.27.